The zero-order valence-corrected chi connectivity index (χ0v) is 18.5. The van der Waals surface area contributed by atoms with Crippen LogP contribution >= 0.6 is 15.9 Å². The first kappa shape index (κ1) is 19.8. The molecular formula is C21H19BrFN7O. The number of aromatic nitrogens is 6. The zero-order chi connectivity index (χ0) is 21.8. The molecule has 1 aliphatic rings. The summed E-state index contributed by atoms with van der Waals surface area (Å²) in [4.78, 5) is 29.3. The normalized spacial score (nSPS) is 18.8. The molecule has 1 aromatic carbocycles. The van der Waals surface area contributed by atoms with Crippen LogP contribution in [-0.4, -0.2) is 47.3 Å². The third-order valence-corrected chi connectivity index (χ3v) is 6.38. The molecule has 0 radical (unpaired) electrons. The first-order valence-corrected chi connectivity index (χ1v) is 10.7. The number of benzene rings is 1. The Hall–Kier alpha value is -3.14. The predicted molar refractivity (Wildman–Crippen MR) is 115 cm³/mol. The molecule has 5 rings (SSSR count). The molecule has 8 nitrogen and oxygen atoms in total. The fourth-order valence-corrected chi connectivity index (χ4v) is 4.47. The molecule has 4 heterocycles. The van der Waals surface area contributed by atoms with Gasteiger partial charge in [0, 0.05) is 18.3 Å². The van der Waals surface area contributed by atoms with Crippen LogP contribution in [0.1, 0.15) is 41.8 Å². The average molecular weight is 484 g/mol. The minimum absolute atomic E-state index is 0.219. The number of pyridine rings is 1. The quantitative estimate of drug-likeness (QED) is 0.476. The maximum absolute atomic E-state index is 14.0. The van der Waals surface area contributed by atoms with E-state index in [9.17, 15) is 9.18 Å². The van der Waals surface area contributed by atoms with E-state index in [1.807, 2.05) is 19.9 Å². The van der Waals surface area contributed by atoms with Crippen LogP contribution in [0.4, 0.5) is 4.39 Å². The van der Waals surface area contributed by atoms with Gasteiger partial charge >= 0.3 is 0 Å². The number of halogens is 2. The van der Waals surface area contributed by atoms with Crippen molar-refractivity contribution in [2.75, 3.05) is 6.54 Å². The number of rotatable bonds is 3. The molecule has 1 fully saturated rings. The second-order valence-electron chi connectivity index (χ2n) is 7.84. The molecule has 1 unspecified atom stereocenters. The van der Waals surface area contributed by atoms with E-state index in [0.29, 0.717) is 33.6 Å². The fraction of sp³-hybridized carbons (Fsp3) is 0.286. The summed E-state index contributed by atoms with van der Waals surface area (Å²) >= 11 is 3.21. The molecule has 158 valence electrons. The van der Waals surface area contributed by atoms with E-state index in [2.05, 4.69) is 41.1 Å². The van der Waals surface area contributed by atoms with Crippen molar-refractivity contribution in [1.29, 1.82) is 0 Å². The molecule has 0 aliphatic carbocycles. The lowest BCUT2D eigenvalue weighted by atomic mass is 9.97. The number of nitrogens with zero attached hydrogens (tertiary/aromatic N) is 6. The minimum atomic E-state index is -0.681. The summed E-state index contributed by atoms with van der Waals surface area (Å²) in [6.07, 6.45) is 4.65. The number of aryl methyl sites for hydroxylation is 1. The number of H-pyrrole nitrogens is 1. The van der Waals surface area contributed by atoms with Crippen molar-refractivity contribution in [3.05, 3.63) is 64.2 Å². The SMILES string of the molecule is Cc1ccc(-n2nccn2)c(C(=O)N2CCCC2(C)c2nc3cc(F)c(Br)cc3[nH]2)n1. The van der Waals surface area contributed by atoms with Gasteiger partial charge in [-0.1, -0.05) is 0 Å². The fourth-order valence-electron chi connectivity index (χ4n) is 4.13. The van der Waals surface area contributed by atoms with Gasteiger partial charge in [0.05, 0.1) is 33.4 Å². The van der Waals surface area contributed by atoms with Gasteiger partial charge < -0.3 is 9.88 Å². The minimum Gasteiger partial charge on any atom is -0.340 e. The van der Waals surface area contributed by atoms with Gasteiger partial charge in [-0.25, -0.2) is 14.4 Å². The summed E-state index contributed by atoms with van der Waals surface area (Å²) in [5, 5.41) is 8.32. The Kier molecular flexibility index (Phi) is 4.62. The highest BCUT2D eigenvalue weighted by atomic mass is 79.9. The summed E-state index contributed by atoms with van der Waals surface area (Å²) in [7, 11) is 0. The summed E-state index contributed by atoms with van der Waals surface area (Å²) in [5.74, 6) is 0.0245. The van der Waals surface area contributed by atoms with Crippen LogP contribution in [-0.2, 0) is 5.54 Å². The van der Waals surface area contributed by atoms with Crippen LogP contribution in [0.2, 0.25) is 0 Å². The van der Waals surface area contributed by atoms with Crippen molar-refractivity contribution in [1.82, 2.24) is 34.8 Å². The maximum Gasteiger partial charge on any atom is 0.275 e. The van der Waals surface area contributed by atoms with Crippen molar-refractivity contribution in [2.24, 2.45) is 0 Å². The largest absolute Gasteiger partial charge is 0.340 e. The number of carbonyl (C=O) groups is 1. The van der Waals surface area contributed by atoms with Gasteiger partial charge in [-0.15, -0.1) is 4.80 Å². The number of fused-ring (bicyclic) bond motifs is 1. The predicted octanol–water partition coefficient (Wildman–Crippen LogP) is 3.90. The van der Waals surface area contributed by atoms with Gasteiger partial charge in [0.2, 0.25) is 0 Å². The highest BCUT2D eigenvalue weighted by Gasteiger charge is 2.44. The molecular weight excluding hydrogens is 465 g/mol. The van der Waals surface area contributed by atoms with Crippen molar-refractivity contribution < 1.29 is 9.18 Å². The molecule has 3 aromatic heterocycles. The van der Waals surface area contributed by atoms with E-state index in [1.165, 1.54) is 10.9 Å². The molecule has 1 N–H and O–H groups in total. The lowest BCUT2D eigenvalue weighted by Crippen LogP contribution is -2.44. The van der Waals surface area contributed by atoms with E-state index in [1.54, 1.807) is 29.4 Å². The Morgan fingerprint density at radius 3 is 2.77 bits per heavy atom. The average Bonchev–Trinajstić information content (AvgIpc) is 3.48. The van der Waals surface area contributed by atoms with Crippen LogP contribution in [0.5, 0.6) is 0 Å². The Labute approximate surface area is 185 Å². The Balaban J connectivity index is 1.58. The van der Waals surface area contributed by atoms with Gasteiger partial charge in [0.1, 0.15) is 17.3 Å². The highest BCUT2D eigenvalue weighted by Crippen LogP contribution is 2.39. The van der Waals surface area contributed by atoms with E-state index >= 15 is 0 Å². The van der Waals surface area contributed by atoms with E-state index in [0.717, 1.165) is 18.5 Å². The van der Waals surface area contributed by atoms with Crippen LogP contribution in [0.15, 0.2) is 41.1 Å². The Bertz CT molecular complexity index is 1260. The van der Waals surface area contributed by atoms with Crippen molar-refractivity contribution in [3.63, 3.8) is 0 Å². The molecule has 4 aromatic rings. The number of imidazole rings is 1. The molecule has 1 saturated heterocycles. The van der Waals surface area contributed by atoms with Gasteiger partial charge in [-0.05, 0) is 60.8 Å². The van der Waals surface area contributed by atoms with Crippen LogP contribution in [0.25, 0.3) is 16.7 Å². The number of hydrogen-bond acceptors (Lipinski definition) is 5. The standard InChI is InChI=1S/C21H19BrFN7O/c1-12-4-5-17(30-24-7-8-25-30)18(26-12)19(31)29-9-3-6-21(29,2)20-27-15-10-13(22)14(23)11-16(15)28-20/h4-5,7-8,10-11H,3,6,9H2,1-2H3,(H,27,28). The first-order valence-electron chi connectivity index (χ1n) is 9.88. The van der Waals surface area contributed by atoms with Crippen LogP contribution in [0.3, 0.4) is 0 Å². The maximum atomic E-state index is 14.0. The number of aromatic amines is 1. The van der Waals surface area contributed by atoms with Crippen molar-refractivity contribution in [2.45, 2.75) is 32.2 Å². The topological polar surface area (TPSA) is 92.6 Å². The van der Waals surface area contributed by atoms with Gasteiger partial charge in [-0.2, -0.15) is 10.2 Å². The van der Waals surface area contributed by atoms with Crippen LogP contribution in [0, 0.1) is 12.7 Å². The van der Waals surface area contributed by atoms with E-state index in [4.69, 9.17) is 0 Å². The van der Waals surface area contributed by atoms with Gasteiger partial charge in [-0.3, -0.25) is 4.79 Å². The van der Waals surface area contributed by atoms with E-state index in [-0.39, 0.29) is 17.4 Å². The smallest absolute Gasteiger partial charge is 0.275 e. The molecule has 1 aliphatic heterocycles. The lowest BCUT2D eigenvalue weighted by Gasteiger charge is -2.33. The summed E-state index contributed by atoms with van der Waals surface area (Å²) in [6, 6.07) is 6.66. The number of carbonyl (C=O) groups excluding carboxylic acids is 1. The molecule has 0 spiro atoms. The third kappa shape index (κ3) is 3.21. The second-order valence-corrected chi connectivity index (χ2v) is 8.70. The van der Waals surface area contributed by atoms with Gasteiger partial charge in [0.25, 0.3) is 5.91 Å². The molecule has 10 heteroatoms. The van der Waals surface area contributed by atoms with Gasteiger partial charge in [0.15, 0.2) is 5.69 Å². The molecule has 1 atom stereocenters. The zero-order valence-electron chi connectivity index (χ0n) is 16.9. The second kappa shape index (κ2) is 7.23. The molecule has 31 heavy (non-hydrogen) atoms. The summed E-state index contributed by atoms with van der Waals surface area (Å²) < 4.78 is 14.3. The highest BCUT2D eigenvalue weighted by molar-refractivity contribution is 9.10. The Morgan fingerprint density at radius 1 is 1.23 bits per heavy atom. The monoisotopic (exact) mass is 483 g/mol. The van der Waals surface area contributed by atoms with Crippen LogP contribution < -0.4 is 0 Å². The lowest BCUT2D eigenvalue weighted by molar-refractivity contribution is 0.0599. The van der Waals surface area contributed by atoms with E-state index < -0.39 is 5.54 Å². The Morgan fingerprint density at radius 2 is 2.00 bits per heavy atom. The summed E-state index contributed by atoms with van der Waals surface area (Å²) in [5.41, 5.74) is 2.08. The number of hydrogen-bond donors (Lipinski definition) is 1. The summed E-state index contributed by atoms with van der Waals surface area (Å²) in [6.45, 7) is 4.38. The molecule has 0 saturated carbocycles. The van der Waals surface area contributed by atoms with Crippen molar-refractivity contribution in [3.8, 4) is 5.69 Å². The van der Waals surface area contributed by atoms with Crippen molar-refractivity contribution >= 4 is 32.9 Å². The first-order chi connectivity index (χ1) is 14.9. The number of amides is 1. The molecule has 0 bridgehead atoms. The number of likely N-dealkylation sites (tertiary alicyclic amines) is 1. The molecule has 1 amide bonds. The number of nitrogens with one attached hydrogen (secondary N) is 1. The third-order valence-electron chi connectivity index (χ3n) is 5.77.